The summed E-state index contributed by atoms with van der Waals surface area (Å²) in [6.07, 6.45) is -20.6. The molecule has 0 heterocycles. The van der Waals surface area contributed by atoms with Crippen molar-refractivity contribution in [3.05, 3.63) is 23.1 Å². The Labute approximate surface area is 145 Å². The molecule has 1 unspecified atom stereocenters. The number of halogens is 18. The van der Waals surface area contributed by atoms with Crippen molar-refractivity contribution >= 4 is 0 Å². The Morgan fingerprint density at radius 2 is 1.00 bits per heavy atom. The van der Waals surface area contributed by atoms with E-state index in [1.165, 1.54) is 0 Å². The van der Waals surface area contributed by atoms with Crippen LogP contribution in [0.1, 0.15) is 0 Å². The van der Waals surface area contributed by atoms with E-state index >= 15 is 0 Å². The molecule has 0 saturated heterocycles. The summed E-state index contributed by atoms with van der Waals surface area (Å²) >= 11 is 0. The number of alkyl halides is 15. The lowest BCUT2D eigenvalue weighted by molar-refractivity contribution is -0.375. The van der Waals surface area contributed by atoms with E-state index in [4.69, 9.17) is 0 Å². The fourth-order valence-electron chi connectivity index (χ4n) is 2.12. The van der Waals surface area contributed by atoms with Gasteiger partial charge in [0, 0.05) is 0 Å². The number of hydrogen-bond acceptors (Lipinski definition) is 0. The van der Waals surface area contributed by atoms with Crippen molar-refractivity contribution in [1.82, 2.24) is 0 Å². The summed E-state index contributed by atoms with van der Waals surface area (Å²) in [6.45, 7) is 0. The van der Waals surface area contributed by atoms with Crippen molar-refractivity contribution in [1.29, 1.82) is 0 Å². The van der Waals surface area contributed by atoms with Gasteiger partial charge in [0.1, 0.15) is 5.57 Å². The highest BCUT2D eigenvalue weighted by atomic mass is 19.4. The molecule has 1 aliphatic rings. The Hall–Kier alpha value is -1.78. The highest BCUT2D eigenvalue weighted by molar-refractivity contribution is 5.55. The summed E-state index contributed by atoms with van der Waals surface area (Å²) < 4.78 is 233. The van der Waals surface area contributed by atoms with Gasteiger partial charge in [0.2, 0.25) is 0 Å². The topological polar surface area (TPSA) is 0 Å². The zero-order chi connectivity index (χ0) is 23.8. The van der Waals surface area contributed by atoms with E-state index < -0.39 is 64.8 Å². The van der Waals surface area contributed by atoms with Gasteiger partial charge in [0.15, 0.2) is 5.83 Å². The molecule has 0 aliphatic heterocycles. The van der Waals surface area contributed by atoms with Gasteiger partial charge in [-0.15, -0.1) is 0 Å². The van der Waals surface area contributed by atoms with E-state index in [0.29, 0.717) is 0 Å². The van der Waals surface area contributed by atoms with Crippen molar-refractivity contribution in [2.45, 2.75) is 41.7 Å². The molecule has 0 amide bonds. The second kappa shape index (κ2) is 6.12. The van der Waals surface area contributed by atoms with Gasteiger partial charge in [-0.05, 0) is 0 Å². The molecule has 0 saturated carbocycles. The fourth-order valence-corrected chi connectivity index (χ4v) is 2.12. The standard InChI is InChI=1S/C11F18/c12-3-1(5(15,10(24,25)26)8(20,21)11(27,28)29)2(4(13)14)6(16,17)9(22,23)7(3,18)19. The summed E-state index contributed by atoms with van der Waals surface area (Å²) in [5.74, 6) is -35.5. The van der Waals surface area contributed by atoms with Crippen LogP contribution in [0.15, 0.2) is 23.1 Å². The summed E-state index contributed by atoms with van der Waals surface area (Å²) in [7, 11) is 0. The summed E-state index contributed by atoms with van der Waals surface area (Å²) in [5, 5.41) is 0. The third-order valence-electron chi connectivity index (χ3n) is 3.56. The van der Waals surface area contributed by atoms with E-state index in [1.54, 1.807) is 0 Å². The van der Waals surface area contributed by atoms with Gasteiger partial charge in [0.05, 0.1) is 5.57 Å². The Morgan fingerprint density at radius 1 is 0.621 bits per heavy atom. The van der Waals surface area contributed by atoms with Crippen LogP contribution < -0.4 is 0 Å². The third-order valence-corrected chi connectivity index (χ3v) is 3.56. The molecule has 29 heavy (non-hydrogen) atoms. The van der Waals surface area contributed by atoms with Gasteiger partial charge in [-0.2, -0.15) is 70.2 Å². The van der Waals surface area contributed by atoms with Crippen LogP contribution in [0.25, 0.3) is 0 Å². The maximum Gasteiger partial charge on any atom is 0.457 e. The largest absolute Gasteiger partial charge is 0.457 e. The van der Waals surface area contributed by atoms with Crippen molar-refractivity contribution in [2.75, 3.05) is 0 Å². The molecule has 170 valence electrons. The minimum absolute atomic E-state index is 4.74. The highest BCUT2D eigenvalue weighted by Gasteiger charge is 2.89. The maximum atomic E-state index is 14.1. The van der Waals surface area contributed by atoms with Crippen LogP contribution in [0.4, 0.5) is 79.0 Å². The quantitative estimate of drug-likeness (QED) is 0.389. The van der Waals surface area contributed by atoms with Crippen molar-refractivity contribution < 1.29 is 79.0 Å². The van der Waals surface area contributed by atoms with Crippen LogP contribution in [0, 0.1) is 0 Å². The first-order chi connectivity index (χ1) is 12.3. The molecular formula is C11F18. The molecule has 0 aromatic rings. The Kier molecular flexibility index (Phi) is 5.33. The second-order valence-electron chi connectivity index (χ2n) is 5.28. The van der Waals surface area contributed by atoms with Crippen molar-refractivity contribution in [3.8, 4) is 0 Å². The average Bonchev–Trinajstić information content (AvgIpc) is 2.46. The number of hydrogen-bond donors (Lipinski definition) is 0. The first-order valence-electron chi connectivity index (χ1n) is 6.15. The van der Waals surface area contributed by atoms with Gasteiger partial charge in [-0.1, -0.05) is 0 Å². The van der Waals surface area contributed by atoms with E-state index in [-0.39, 0.29) is 0 Å². The Morgan fingerprint density at radius 3 is 1.28 bits per heavy atom. The lowest BCUT2D eigenvalue weighted by Crippen LogP contribution is -2.68. The average molecular weight is 474 g/mol. The predicted molar refractivity (Wildman–Crippen MR) is 53.1 cm³/mol. The minimum atomic E-state index is -8.18. The van der Waals surface area contributed by atoms with Gasteiger partial charge in [0.25, 0.3) is 6.08 Å². The molecule has 0 spiro atoms. The predicted octanol–water partition coefficient (Wildman–Crippen LogP) is 6.75. The van der Waals surface area contributed by atoms with Crippen LogP contribution >= 0.6 is 0 Å². The molecule has 0 N–H and O–H groups in total. The van der Waals surface area contributed by atoms with E-state index in [0.717, 1.165) is 0 Å². The molecule has 0 radical (unpaired) electrons. The normalized spacial score (nSPS) is 24.4. The monoisotopic (exact) mass is 474 g/mol. The van der Waals surface area contributed by atoms with Crippen LogP contribution in [0.3, 0.4) is 0 Å². The van der Waals surface area contributed by atoms with Gasteiger partial charge < -0.3 is 0 Å². The molecular weight excluding hydrogens is 474 g/mol. The van der Waals surface area contributed by atoms with Crippen LogP contribution in [0.2, 0.25) is 0 Å². The van der Waals surface area contributed by atoms with Crippen LogP contribution in [-0.2, 0) is 0 Å². The van der Waals surface area contributed by atoms with E-state index in [2.05, 4.69) is 0 Å². The zero-order valence-electron chi connectivity index (χ0n) is 12.3. The van der Waals surface area contributed by atoms with E-state index in [1.807, 2.05) is 0 Å². The first kappa shape index (κ1) is 25.3. The highest BCUT2D eigenvalue weighted by Crippen LogP contribution is 2.66. The zero-order valence-corrected chi connectivity index (χ0v) is 12.3. The van der Waals surface area contributed by atoms with Gasteiger partial charge in [-0.25, -0.2) is 8.78 Å². The fraction of sp³-hybridized carbons (Fsp3) is 0.636. The van der Waals surface area contributed by atoms with Crippen molar-refractivity contribution in [2.24, 2.45) is 0 Å². The molecule has 18 heteroatoms. The molecule has 1 aliphatic carbocycles. The molecule has 0 nitrogen and oxygen atoms in total. The first-order valence-corrected chi connectivity index (χ1v) is 6.15. The van der Waals surface area contributed by atoms with E-state index in [9.17, 15) is 79.0 Å². The lowest BCUT2D eigenvalue weighted by Gasteiger charge is -2.44. The SMILES string of the molecule is FC(F)=C1C(C(F)(C(F)(F)F)C(F)(F)C(F)(F)F)=C(F)C(F)(F)C(F)(F)C1(F)F. The Balaban J connectivity index is 4.37. The molecule has 1 atom stereocenters. The summed E-state index contributed by atoms with van der Waals surface area (Å²) in [4.78, 5) is 0. The third kappa shape index (κ3) is 2.87. The number of allylic oxidation sites excluding steroid dienone is 3. The molecule has 0 bridgehead atoms. The smallest absolute Gasteiger partial charge is 0.221 e. The van der Waals surface area contributed by atoms with Crippen LogP contribution in [-0.4, -0.2) is 41.7 Å². The van der Waals surface area contributed by atoms with Gasteiger partial charge in [-0.3, -0.25) is 0 Å². The lowest BCUT2D eigenvalue weighted by atomic mass is 9.74. The molecule has 0 aromatic heterocycles. The molecule has 1 rings (SSSR count). The minimum Gasteiger partial charge on any atom is -0.221 e. The van der Waals surface area contributed by atoms with Gasteiger partial charge >= 0.3 is 41.7 Å². The summed E-state index contributed by atoms with van der Waals surface area (Å²) in [6, 6.07) is 0. The molecule has 0 aromatic carbocycles. The second-order valence-corrected chi connectivity index (χ2v) is 5.28. The van der Waals surface area contributed by atoms with Crippen LogP contribution in [0.5, 0.6) is 0 Å². The maximum absolute atomic E-state index is 14.1. The van der Waals surface area contributed by atoms with Crippen molar-refractivity contribution in [3.63, 3.8) is 0 Å². The summed E-state index contributed by atoms with van der Waals surface area (Å²) in [5.41, 5.74) is -17.9. The molecule has 0 fully saturated rings. The Bertz CT molecular complexity index is 741. The number of rotatable bonds is 2.